The van der Waals surface area contributed by atoms with Crippen LogP contribution in [0.25, 0.3) is 10.9 Å². The topological polar surface area (TPSA) is 108 Å². The van der Waals surface area contributed by atoms with Crippen molar-refractivity contribution in [2.24, 2.45) is 5.92 Å². The Morgan fingerprint density at radius 3 is 2.94 bits per heavy atom. The molecule has 2 aromatic carbocycles. The molecule has 0 unspecified atom stereocenters. The van der Waals surface area contributed by atoms with Crippen LogP contribution in [0.2, 0.25) is 0 Å². The maximum Gasteiger partial charge on any atom is 0.245 e. The number of benzene rings is 2. The summed E-state index contributed by atoms with van der Waals surface area (Å²) in [6.45, 7) is 3.70. The number of rotatable bonds is 4. The largest absolute Gasteiger partial charge is 0.489 e. The molecule has 0 radical (unpaired) electrons. The van der Waals surface area contributed by atoms with Crippen molar-refractivity contribution in [3.63, 3.8) is 0 Å². The first-order valence-corrected chi connectivity index (χ1v) is 12.0. The van der Waals surface area contributed by atoms with Crippen molar-refractivity contribution in [3.8, 4) is 5.75 Å². The van der Waals surface area contributed by atoms with Crippen molar-refractivity contribution in [2.75, 3.05) is 43.5 Å². The first-order valence-electron chi connectivity index (χ1n) is 10.6. The SMILES string of the molecule is Cc1cc(S(=O)(=O)N2CC[C@@H](C(=O)Nc3ccc4c(c3)OCCN4C)C2)c2[nH]ncc2c1. The van der Waals surface area contributed by atoms with Gasteiger partial charge in [0.25, 0.3) is 0 Å². The maximum absolute atomic E-state index is 13.3. The number of carbonyl (C=O) groups excluding carboxylic acids is 1. The fourth-order valence-electron chi connectivity index (χ4n) is 4.35. The molecule has 2 aliphatic rings. The Balaban J connectivity index is 1.32. The number of amides is 1. The van der Waals surface area contributed by atoms with Crippen molar-refractivity contribution in [3.05, 3.63) is 42.1 Å². The first kappa shape index (κ1) is 20.8. The Morgan fingerprint density at radius 1 is 1.25 bits per heavy atom. The number of anilines is 2. The fraction of sp³-hybridized carbons (Fsp3) is 0.364. The van der Waals surface area contributed by atoms with E-state index in [2.05, 4.69) is 20.4 Å². The summed E-state index contributed by atoms with van der Waals surface area (Å²) in [7, 11) is -1.76. The van der Waals surface area contributed by atoms with Gasteiger partial charge >= 0.3 is 0 Å². The zero-order valence-corrected chi connectivity index (χ0v) is 18.8. The lowest BCUT2D eigenvalue weighted by molar-refractivity contribution is -0.119. The van der Waals surface area contributed by atoms with E-state index in [0.29, 0.717) is 30.8 Å². The van der Waals surface area contributed by atoms with E-state index in [1.54, 1.807) is 12.3 Å². The van der Waals surface area contributed by atoms with Crippen LogP contribution in [0.3, 0.4) is 0 Å². The number of hydrogen-bond acceptors (Lipinski definition) is 6. The van der Waals surface area contributed by atoms with Gasteiger partial charge in [-0.15, -0.1) is 0 Å². The number of aromatic nitrogens is 2. The van der Waals surface area contributed by atoms with Gasteiger partial charge in [-0.25, -0.2) is 8.42 Å². The second-order valence-electron chi connectivity index (χ2n) is 8.39. The normalized spacial score (nSPS) is 19.1. The minimum absolute atomic E-state index is 0.141. The molecule has 3 aromatic rings. The number of nitrogens with one attached hydrogen (secondary N) is 2. The summed E-state index contributed by atoms with van der Waals surface area (Å²) in [5.41, 5.74) is 2.95. The van der Waals surface area contributed by atoms with Gasteiger partial charge in [-0.3, -0.25) is 9.89 Å². The van der Waals surface area contributed by atoms with E-state index in [9.17, 15) is 13.2 Å². The van der Waals surface area contributed by atoms with E-state index in [1.807, 2.05) is 38.2 Å². The molecule has 10 heteroatoms. The molecule has 1 amide bonds. The monoisotopic (exact) mass is 455 g/mol. The van der Waals surface area contributed by atoms with Gasteiger partial charge in [-0.05, 0) is 43.2 Å². The number of likely N-dealkylation sites (N-methyl/N-ethyl adjacent to an activating group) is 1. The molecule has 2 aliphatic heterocycles. The smallest absolute Gasteiger partial charge is 0.245 e. The van der Waals surface area contributed by atoms with Crippen LogP contribution in [0.1, 0.15) is 12.0 Å². The molecule has 3 heterocycles. The molecule has 0 bridgehead atoms. The standard InChI is InChI=1S/C22H25N5O4S/c1-14-9-16-12-23-25-21(16)20(10-14)32(29,30)27-6-5-15(13-27)22(28)24-17-3-4-18-19(11-17)31-8-7-26(18)2/h3-4,9-12,15H,5-8,13H2,1-2H3,(H,23,25)(H,24,28)/t15-/m1/s1. The van der Waals surface area contributed by atoms with Gasteiger partial charge in [0.1, 0.15) is 17.3 Å². The van der Waals surface area contributed by atoms with Gasteiger partial charge in [-0.2, -0.15) is 9.40 Å². The Morgan fingerprint density at radius 2 is 2.09 bits per heavy atom. The molecule has 32 heavy (non-hydrogen) atoms. The van der Waals surface area contributed by atoms with Crippen LogP contribution in [-0.4, -0.2) is 62.1 Å². The summed E-state index contributed by atoms with van der Waals surface area (Å²) >= 11 is 0. The molecule has 1 fully saturated rings. The predicted octanol–water partition coefficient (Wildman–Crippen LogP) is 2.35. The fourth-order valence-corrected chi connectivity index (χ4v) is 6.11. The average Bonchev–Trinajstić information content (AvgIpc) is 3.43. The van der Waals surface area contributed by atoms with Gasteiger partial charge in [0, 0.05) is 37.3 Å². The third-order valence-corrected chi connectivity index (χ3v) is 8.01. The zero-order chi connectivity index (χ0) is 22.5. The lowest BCUT2D eigenvalue weighted by Gasteiger charge is -2.28. The number of hydrogen-bond donors (Lipinski definition) is 2. The minimum Gasteiger partial charge on any atom is -0.489 e. The second kappa shape index (κ2) is 7.79. The average molecular weight is 456 g/mol. The van der Waals surface area contributed by atoms with Gasteiger partial charge in [0.15, 0.2) is 0 Å². The number of H-pyrrole nitrogens is 1. The highest BCUT2D eigenvalue weighted by Crippen LogP contribution is 2.34. The summed E-state index contributed by atoms with van der Waals surface area (Å²) in [5, 5.41) is 10.4. The van der Waals surface area contributed by atoms with E-state index in [4.69, 9.17) is 4.74 Å². The highest BCUT2D eigenvalue weighted by atomic mass is 32.2. The van der Waals surface area contributed by atoms with Gasteiger partial charge < -0.3 is 15.0 Å². The number of sulfonamides is 1. The third-order valence-electron chi connectivity index (χ3n) is 6.12. The van der Waals surface area contributed by atoms with Crippen LogP contribution in [-0.2, 0) is 14.8 Å². The van der Waals surface area contributed by atoms with Crippen LogP contribution in [0.5, 0.6) is 5.75 Å². The summed E-state index contributed by atoms with van der Waals surface area (Å²) < 4.78 is 33.8. The maximum atomic E-state index is 13.3. The number of fused-ring (bicyclic) bond motifs is 2. The van der Waals surface area contributed by atoms with Crippen molar-refractivity contribution >= 4 is 38.2 Å². The van der Waals surface area contributed by atoms with Crippen LogP contribution in [0, 0.1) is 12.8 Å². The molecule has 2 N–H and O–H groups in total. The predicted molar refractivity (Wildman–Crippen MR) is 122 cm³/mol. The van der Waals surface area contributed by atoms with Crippen molar-refractivity contribution < 1.29 is 17.9 Å². The van der Waals surface area contributed by atoms with Gasteiger partial charge in [-0.1, -0.05) is 0 Å². The van der Waals surface area contributed by atoms with Crippen LogP contribution < -0.4 is 15.0 Å². The minimum atomic E-state index is -3.76. The van der Waals surface area contributed by atoms with E-state index >= 15 is 0 Å². The Kier molecular flexibility index (Phi) is 5.06. The number of aryl methyl sites for hydroxylation is 1. The van der Waals surface area contributed by atoms with Gasteiger partial charge in [0.2, 0.25) is 15.9 Å². The Labute approximate surface area is 186 Å². The van der Waals surface area contributed by atoms with E-state index in [0.717, 1.165) is 28.9 Å². The zero-order valence-electron chi connectivity index (χ0n) is 18.0. The molecule has 168 valence electrons. The number of carbonyl (C=O) groups is 1. The molecule has 0 aliphatic carbocycles. The van der Waals surface area contributed by atoms with E-state index in [1.165, 1.54) is 4.31 Å². The van der Waals surface area contributed by atoms with Crippen molar-refractivity contribution in [1.29, 1.82) is 0 Å². The highest BCUT2D eigenvalue weighted by molar-refractivity contribution is 7.89. The molecule has 0 saturated carbocycles. The first-order chi connectivity index (χ1) is 15.3. The molecular weight excluding hydrogens is 430 g/mol. The summed E-state index contributed by atoms with van der Waals surface area (Å²) in [4.78, 5) is 15.2. The number of aromatic amines is 1. The lowest BCUT2D eigenvalue weighted by Crippen LogP contribution is -2.32. The Hall–Kier alpha value is -3.11. The highest BCUT2D eigenvalue weighted by Gasteiger charge is 2.37. The van der Waals surface area contributed by atoms with Crippen LogP contribution >= 0.6 is 0 Å². The van der Waals surface area contributed by atoms with Crippen molar-refractivity contribution in [1.82, 2.24) is 14.5 Å². The molecule has 1 saturated heterocycles. The molecule has 9 nitrogen and oxygen atoms in total. The molecule has 1 atom stereocenters. The number of nitrogens with zero attached hydrogens (tertiary/aromatic N) is 3. The third kappa shape index (κ3) is 3.59. The molecule has 1 aromatic heterocycles. The van der Waals surface area contributed by atoms with Crippen LogP contribution in [0.4, 0.5) is 11.4 Å². The quantitative estimate of drug-likeness (QED) is 0.625. The summed E-state index contributed by atoms with van der Waals surface area (Å²) in [6.07, 6.45) is 2.08. The second-order valence-corrected chi connectivity index (χ2v) is 10.3. The lowest BCUT2D eigenvalue weighted by atomic mass is 10.1. The van der Waals surface area contributed by atoms with Crippen LogP contribution in [0.15, 0.2) is 41.4 Å². The van der Waals surface area contributed by atoms with Crippen molar-refractivity contribution in [2.45, 2.75) is 18.2 Å². The summed E-state index contributed by atoms with van der Waals surface area (Å²) in [6, 6.07) is 9.11. The van der Waals surface area contributed by atoms with E-state index < -0.39 is 15.9 Å². The molecule has 5 rings (SSSR count). The summed E-state index contributed by atoms with van der Waals surface area (Å²) in [5.74, 6) is 0.115. The van der Waals surface area contributed by atoms with E-state index in [-0.39, 0.29) is 17.3 Å². The molecular formula is C22H25N5O4S. The molecule has 0 spiro atoms. The Bertz CT molecular complexity index is 1300. The number of ether oxygens (including phenoxy) is 1. The van der Waals surface area contributed by atoms with Gasteiger partial charge in [0.05, 0.1) is 29.9 Å².